The molecule has 0 heterocycles. The second kappa shape index (κ2) is 5.69. The lowest BCUT2D eigenvalue weighted by Gasteiger charge is -2.02. The Morgan fingerprint density at radius 1 is 1.25 bits per heavy atom. The topological polar surface area (TPSA) is 95.8 Å². The van der Waals surface area contributed by atoms with Crippen molar-refractivity contribution in [2.24, 2.45) is 5.10 Å². The van der Waals surface area contributed by atoms with E-state index in [4.69, 9.17) is 15.8 Å². The minimum absolute atomic E-state index is 0.250. The van der Waals surface area contributed by atoms with Crippen LogP contribution in [0.1, 0.15) is 5.56 Å². The Bertz CT molecular complexity index is 540. The molecule has 1 N–H and O–H groups in total. The van der Waals surface area contributed by atoms with Crippen LogP contribution in [-0.4, -0.2) is 5.71 Å². The van der Waals surface area contributed by atoms with Gasteiger partial charge in [-0.1, -0.05) is 0 Å². The molecule has 0 fully saturated rings. The lowest BCUT2D eigenvalue weighted by molar-refractivity contribution is 1.32. The monoisotopic (exact) mass is 321 g/mol. The van der Waals surface area contributed by atoms with Gasteiger partial charge in [-0.15, -0.1) is 0 Å². The van der Waals surface area contributed by atoms with Crippen LogP contribution >= 0.6 is 22.6 Å². The second-order valence-corrected chi connectivity index (χ2v) is 3.76. The number of nitriles is 3. The maximum Gasteiger partial charge on any atom is 0.237 e. The van der Waals surface area contributed by atoms with Crippen LogP contribution in [0.3, 0.4) is 0 Å². The average molecular weight is 321 g/mol. The first-order valence-corrected chi connectivity index (χ1v) is 5.12. The SMILES string of the molecule is N#CC(C#N)=NNc1ccc(C#N)cc1I. The van der Waals surface area contributed by atoms with Crippen LogP contribution in [0.2, 0.25) is 0 Å². The summed E-state index contributed by atoms with van der Waals surface area (Å²) in [6.45, 7) is 0. The van der Waals surface area contributed by atoms with Crippen molar-refractivity contribution in [2.45, 2.75) is 0 Å². The Kier molecular flexibility index (Phi) is 4.26. The number of rotatable bonds is 2. The molecule has 0 radical (unpaired) electrons. The van der Waals surface area contributed by atoms with Gasteiger partial charge >= 0.3 is 0 Å². The van der Waals surface area contributed by atoms with Gasteiger partial charge in [-0.05, 0) is 40.8 Å². The van der Waals surface area contributed by atoms with Crippen molar-refractivity contribution < 1.29 is 0 Å². The Morgan fingerprint density at radius 3 is 2.44 bits per heavy atom. The zero-order chi connectivity index (χ0) is 12.0. The fourth-order valence-electron chi connectivity index (χ4n) is 0.866. The lowest BCUT2D eigenvalue weighted by atomic mass is 10.2. The van der Waals surface area contributed by atoms with E-state index in [0.29, 0.717) is 11.3 Å². The molecule has 6 heteroatoms. The molecule has 0 aromatic heterocycles. The number of nitrogens with one attached hydrogen (secondary N) is 1. The van der Waals surface area contributed by atoms with E-state index in [2.05, 4.69) is 10.5 Å². The van der Waals surface area contributed by atoms with Crippen molar-refractivity contribution in [3.63, 3.8) is 0 Å². The molecule has 0 bridgehead atoms. The molecule has 0 aliphatic rings. The number of benzene rings is 1. The summed E-state index contributed by atoms with van der Waals surface area (Å²) in [5.41, 5.74) is 3.53. The third-order valence-corrected chi connectivity index (χ3v) is 2.49. The van der Waals surface area contributed by atoms with Gasteiger partial charge in [0.15, 0.2) is 0 Å². The molecule has 1 aromatic rings. The molecule has 0 saturated heterocycles. The van der Waals surface area contributed by atoms with Crippen molar-refractivity contribution >= 4 is 34.0 Å². The van der Waals surface area contributed by atoms with Crippen LogP contribution < -0.4 is 5.43 Å². The van der Waals surface area contributed by atoms with Crippen LogP contribution in [0.15, 0.2) is 23.3 Å². The Morgan fingerprint density at radius 2 is 1.94 bits per heavy atom. The summed E-state index contributed by atoms with van der Waals surface area (Å²) < 4.78 is 0.788. The Labute approximate surface area is 106 Å². The predicted octanol–water partition coefficient (Wildman–Crippen LogP) is 1.98. The van der Waals surface area contributed by atoms with Crippen LogP contribution in [0, 0.1) is 37.6 Å². The van der Waals surface area contributed by atoms with Crippen LogP contribution in [-0.2, 0) is 0 Å². The highest BCUT2D eigenvalue weighted by Crippen LogP contribution is 2.19. The van der Waals surface area contributed by atoms with Crippen molar-refractivity contribution in [2.75, 3.05) is 5.43 Å². The molecule has 0 aliphatic carbocycles. The van der Waals surface area contributed by atoms with Crippen molar-refractivity contribution in [3.8, 4) is 18.2 Å². The quantitative estimate of drug-likeness (QED) is 0.512. The Hall–Kier alpha value is -2.11. The molecule has 1 rings (SSSR count). The first-order chi connectivity index (χ1) is 7.71. The second-order valence-electron chi connectivity index (χ2n) is 2.60. The van der Waals surface area contributed by atoms with Gasteiger partial charge in [-0.2, -0.15) is 20.9 Å². The normalized spacial score (nSPS) is 8.12. The highest BCUT2D eigenvalue weighted by Gasteiger charge is 2.00. The van der Waals surface area contributed by atoms with E-state index in [0.717, 1.165) is 3.57 Å². The number of nitrogens with zero attached hydrogens (tertiary/aromatic N) is 4. The number of hydrogen-bond acceptors (Lipinski definition) is 5. The number of anilines is 1. The van der Waals surface area contributed by atoms with E-state index in [9.17, 15) is 0 Å². The fourth-order valence-corrected chi connectivity index (χ4v) is 1.50. The van der Waals surface area contributed by atoms with Crippen molar-refractivity contribution in [1.82, 2.24) is 0 Å². The van der Waals surface area contributed by atoms with Crippen molar-refractivity contribution in [1.29, 1.82) is 15.8 Å². The van der Waals surface area contributed by atoms with E-state index < -0.39 is 0 Å². The van der Waals surface area contributed by atoms with Gasteiger partial charge in [0.25, 0.3) is 0 Å². The number of halogens is 1. The average Bonchev–Trinajstić information content (AvgIpc) is 2.32. The maximum absolute atomic E-state index is 8.66. The number of hydrazone groups is 1. The third kappa shape index (κ3) is 2.94. The van der Waals surface area contributed by atoms with Crippen LogP contribution in [0.5, 0.6) is 0 Å². The largest absolute Gasteiger partial charge is 0.275 e. The van der Waals surface area contributed by atoms with Crippen LogP contribution in [0.25, 0.3) is 0 Å². The van der Waals surface area contributed by atoms with Crippen molar-refractivity contribution in [3.05, 3.63) is 27.3 Å². The van der Waals surface area contributed by atoms with Gasteiger partial charge < -0.3 is 0 Å². The van der Waals surface area contributed by atoms with E-state index in [1.807, 2.05) is 28.7 Å². The molecular weight excluding hydrogens is 317 g/mol. The smallest absolute Gasteiger partial charge is 0.237 e. The fraction of sp³-hybridized carbons (Fsp3) is 0. The highest BCUT2D eigenvalue weighted by molar-refractivity contribution is 14.1. The molecule has 0 spiro atoms. The van der Waals surface area contributed by atoms with E-state index in [1.54, 1.807) is 30.3 Å². The lowest BCUT2D eigenvalue weighted by Crippen LogP contribution is -1.98. The summed E-state index contributed by atoms with van der Waals surface area (Å²) in [4.78, 5) is 0. The van der Waals surface area contributed by atoms with Crippen LogP contribution in [0.4, 0.5) is 5.69 Å². The van der Waals surface area contributed by atoms with E-state index in [1.165, 1.54) is 0 Å². The maximum atomic E-state index is 8.66. The van der Waals surface area contributed by atoms with Gasteiger partial charge in [0.05, 0.1) is 17.3 Å². The first-order valence-electron chi connectivity index (χ1n) is 4.05. The summed E-state index contributed by atoms with van der Waals surface area (Å²) >= 11 is 2.03. The number of hydrogen-bond donors (Lipinski definition) is 1. The van der Waals surface area contributed by atoms with Gasteiger partial charge in [-0.3, -0.25) is 5.43 Å². The molecule has 0 atom stereocenters. The van der Waals surface area contributed by atoms with Gasteiger partial charge in [-0.25, -0.2) is 0 Å². The Balaban J connectivity index is 2.94. The van der Waals surface area contributed by atoms with Gasteiger partial charge in [0, 0.05) is 3.57 Å². The molecular formula is C10H4IN5. The molecule has 0 aliphatic heterocycles. The first kappa shape index (κ1) is 12.0. The highest BCUT2D eigenvalue weighted by atomic mass is 127. The minimum atomic E-state index is -0.250. The van der Waals surface area contributed by atoms with E-state index in [-0.39, 0.29) is 5.71 Å². The zero-order valence-electron chi connectivity index (χ0n) is 7.90. The van der Waals surface area contributed by atoms with Gasteiger partial charge in [0.2, 0.25) is 5.71 Å². The zero-order valence-corrected chi connectivity index (χ0v) is 10.1. The summed E-state index contributed by atoms with van der Waals surface area (Å²) in [7, 11) is 0. The van der Waals surface area contributed by atoms with E-state index >= 15 is 0 Å². The molecule has 1 aromatic carbocycles. The summed E-state index contributed by atoms with van der Waals surface area (Å²) in [5.74, 6) is 0. The van der Waals surface area contributed by atoms with Gasteiger partial charge in [0.1, 0.15) is 12.1 Å². The molecule has 0 unspecified atom stereocenters. The molecule has 0 amide bonds. The predicted molar refractivity (Wildman–Crippen MR) is 66.2 cm³/mol. The summed E-state index contributed by atoms with van der Waals surface area (Å²) in [6.07, 6.45) is 0. The third-order valence-electron chi connectivity index (χ3n) is 1.60. The molecule has 5 nitrogen and oxygen atoms in total. The summed E-state index contributed by atoms with van der Waals surface area (Å²) in [6, 6.07) is 10.2. The minimum Gasteiger partial charge on any atom is -0.275 e. The standard InChI is InChI=1S/C10H4IN5/c11-9-3-7(4-12)1-2-10(9)16-15-8(5-13)6-14/h1-3,16H. The molecule has 16 heavy (non-hydrogen) atoms. The summed E-state index contributed by atoms with van der Waals surface area (Å²) in [5, 5.41) is 29.2. The molecule has 76 valence electrons. The molecule has 0 saturated carbocycles.